The van der Waals surface area contributed by atoms with Crippen LogP contribution >= 0.6 is 0 Å². The highest BCUT2D eigenvalue weighted by atomic mass is 16.6. The Hall–Kier alpha value is -3.68. The van der Waals surface area contributed by atoms with Crippen molar-refractivity contribution in [3.8, 4) is 5.69 Å². The quantitative estimate of drug-likeness (QED) is 0.621. The SMILES string of the molecule is Cc1nn(-c2ccccc2)nc1C(=O)N1CCC(N2C(=O)O[C@H]3Cc4ccccc4[C@H]32)CC1. The molecule has 33 heavy (non-hydrogen) atoms. The Bertz CT molecular complexity index is 1220. The summed E-state index contributed by atoms with van der Waals surface area (Å²) in [5, 5.41) is 8.89. The molecule has 1 aromatic heterocycles. The third-order valence-electron chi connectivity index (χ3n) is 7.03. The Morgan fingerprint density at radius 3 is 2.52 bits per heavy atom. The fourth-order valence-electron chi connectivity index (χ4n) is 5.40. The molecule has 2 aliphatic heterocycles. The van der Waals surface area contributed by atoms with Gasteiger partial charge in [-0.15, -0.1) is 5.10 Å². The number of hydrogen-bond donors (Lipinski definition) is 0. The Balaban J connectivity index is 1.16. The summed E-state index contributed by atoms with van der Waals surface area (Å²) < 4.78 is 5.72. The van der Waals surface area contributed by atoms with Crippen LogP contribution < -0.4 is 0 Å². The second kappa shape index (κ2) is 7.72. The van der Waals surface area contributed by atoms with Crippen molar-refractivity contribution >= 4 is 12.0 Å². The molecule has 0 N–H and O–H groups in total. The Kier molecular flexibility index (Phi) is 4.67. The van der Waals surface area contributed by atoms with Gasteiger partial charge in [0, 0.05) is 25.6 Å². The monoisotopic (exact) mass is 443 g/mol. The van der Waals surface area contributed by atoms with Crippen molar-refractivity contribution in [3.63, 3.8) is 0 Å². The molecule has 1 aliphatic carbocycles. The Morgan fingerprint density at radius 1 is 1.00 bits per heavy atom. The Labute approximate surface area is 191 Å². The smallest absolute Gasteiger partial charge is 0.411 e. The minimum Gasteiger partial charge on any atom is -0.443 e. The van der Waals surface area contributed by atoms with Crippen molar-refractivity contribution in [1.29, 1.82) is 0 Å². The molecule has 8 heteroatoms. The van der Waals surface area contributed by atoms with Crippen molar-refractivity contribution < 1.29 is 14.3 Å². The average molecular weight is 444 g/mol. The van der Waals surface area contributed by atoms with E-state index in [1.165, 1.54) is 15.9 Å². The molecule has 0 unspecified atom stereocenters. The first-order valence-corrected chi connectivity index (χ1v) is 11.5. The summed E-state index contributed by atoms with van der Waals surface area (Å²) in [6.07, 6.45) is 1.88. The average Bonchev–Trinajstić information content (AvgIpc) is 3.50. The molecule has 0 saturated carbocycles. The van der Waals surface area contributed by atoms with Gasteiger partial charge < -0.3 is 9.64 Å². The molecule has 168 valence electrons. The fourth-order valence-corrected chi connectivity index (χ4v) is 5.40. The number of benzene rings is 2. The largest absolute Gasteiger partial charge is 0.443 e. The molecule has 8 nitrogen and oxygen atoms in total. The number of ether oxygens (including phenoxy) is 1. The zero-order chi connectivity index (χ0) is 22.5. The summed E-state index contributed by atoms with van der Waals surface area (Å²) in [7, 11) is 0. The van der Waals surface area contributed by atoms with Gasteiger partial charge in [-0.2, -0.15) is 9.90 Å². The number of hydrogen-bond acceptors (Lipinski definition) is 5. The summed E-state index contributed by atoms with van der Waals surface area (Å²) in [5.74, 6) is -0.110. The molecule has 0 spiro atoms. The number of carbonyl (C=O) groups excluding carboxylic acids is 2. The van der Waals surface area contributed by atoms with E-state index in [1.807, 2.05) is 59.2 Å². The number of piperidine rings is 1. The summed E-state index contributed by atoms with van der Waals surface area (Å²) in [6, 6.07) is 17.9. The first-order chi connectivity index (χ1) is 16.1. The number of rotatable bonds is 3. The van der Waals surface area contributed by atoms with E-state index in [9.17, 15) is 9.59 Å². The minimum atomic E-state index is -0.231. The van der Waals surface area contributed by atoms with E-state index in [4.69, 9.17) is 4.74 Å². The van der Waals surface area contributed by atoms with E-state index < -0.39 is 0 Å². The van der Waals surface area contributed by atoms with Gasteiger partial charge in [-0.25, -0.2) is 4.79 Å². The molecular weight excluding hydrogens is 418 g/mol. The van der Waals surface area contributed by atoms with E-state index in [-0.39, 0.29) is 30.2 Å². The zero-order valence-electron chi connectivity index (χ0n) is 18.4. The van der Waals surface area contributed by atoms with Gasteiger partial charge in [-0.3, -0.25) is 9.69 Å². The molecule has 2 fully saturated rings. The molecule has 2 atom stereocenters. The van der Waals surface area contributed by atoms with Crippen LogP contribution in [0.1, 0.15) is 46.2 Å². The van der Waals surface area contributed by atoms with Gasteiger partial charge in [-0.1, -0.05) is 42.5 Å². The second-order valence-corrected chi connectivity index (χ2v) is 8.96. The lowest BCUT2D eigenvalue weighted by molar-refractivity contribution is 0.0629. The van der Waals surface area contributed by atoms with Crippen molar-refractivity contribution in [2.24, 2.45) is 0 Å². The standard InChI is InChI=1S/C25H25N5O3/c1-16-22(27-30(26-16)19-8-3-2-4-9-19)24(31)28-13-11-18(12-14-28)29-23-20-10-6-5-7-17(20)15-21(23)33-25(29)32/h2-10,18,21,23H,11-15H2,1H3/t21-,23+/m0/s1. The second-order valence-electron chi connectivity index (χ2n) is 8.96. The van der Waals surface area contributed by atoms with E-state index in [0.717, 1.165) is 24.9 Å². The van der Waals surface area contributed by atoms with Gasteiger partial charge in [0.05, 0.1) is 17.4 Å². The summed E-state index contributed by atoms with van der Waals surface area (Å²) in [5.41, 5.74) is 4.26. The van der Waals surface area contributed by atoms with Crippen LogP contribution in [0.3, 0.4) is 0 Å². The number of likely N-dealkylation sites (tertiary alicyclic amines) is 1. The van der Waals surface area contributed by atoms with Gasteiger partial charge in [-0.05, 0) is 43.0 Å². The van der Waals surface area contributed by atoms with Crippen LogP contribution in [0.2, 0.25) is 0 Å². The molecular formula is C25H25N5O3. The van der Waals surface area contributed by atoms with Crippen molar-refractivity contribution in [2.75, 3.05) is 13.1 Å². The minimum absolute atomic E-state index is 0.0195. The van der Waals surface area contributed by atoms with Gasteiger partial charge in [0.1, 0.15) is 6.10 Å². The van der Waals surface area contributed by atoms with Crippen LogP contribution in [0, 0.1) is 6.92 Å². The van der Waals surface area contributed by atoms with E-state index >= 15 is 0 Å². The molecule has 2 amide bonds. The van der Waals surface area contributed by atoms with Crippen molar-refractivity contribution in [2.45, 2.75) is 44.4 Å². The highest BCUT2D eigenvalue weighted by Gasteiger charge is 2.50. The normalized spacial score (nSPS) is 22.3. The lowest BCUT2D eigenvalue weighted by Crippen LogP contribution is -2.48. The molecule has 0 radical (unpaired) electrons. The maximum atomic E-state index is 13.2. The number of fused-ring (bicyclic) bond motifs is 3. The van der Waals surface area contributed by atoms with E-state index in [1.54, 1.807) is 0 Å². The number of nitrogens with zero attached hydrogens (tertiary/aromatic N) is 5. The molecule has 3 heterocycles. The van der Waals surface area contributed by atoms with Gasteiger partial charge in [0.25, 0.3) is 5.91 Å². The molecule has 2 aromatic carbocycles. The van der Waals surface area contributed by atoms with Crippen LogP contribution in [0.25, 0.3) is 5.69 Å². The Morgan fingerprint density at radius 2 is 1.73 bits per heavy atom. The maximum absolute atomic E-state index is 13.2. The predicted octanol–water partition coefficient (Wildman–Crippen LogP) is 3.30. The van der Waals surface area contributed by atoms with Crippen LogP contribution in [0.4, 0.5) is 4.79 Å². The highest BCUT2D eigenvalue weighted by molar-refractivity contribution is 5.93. The van der Waals surface area contributed by atoms with Crippen LogP contribution in [0.5, 0.6) is 0 Å². The fraction of sp³-hybridized carbons (Fsp3) is 0.360. The highest BCUT2D eigenvalue weighted by Crippen LogP contribution is 2.44. The lowest BCUT2D eigenvalue weighted by atomic mass is 9.99. The third kappa shape index (κ3) is 3.28. The number of amides is 2. The van der Waals surface area contributed by atoms with Crippen molar-refractivity contribution in [1.82, 2.24) is 24.8 Å². The molecule has 0 bridgehead atoms. The predicted molar refractivity (Wildman–Crippen MR) is 120 cm³/mol. The van der Waals surface area contributed by atoms with Crippen LogP contribution in [-0.2, 0) is 11.2 Å². The number of para-hydroxylation sites is 1. The van der Waals surface area contributed by atoms with E-state index in [0.29, 0.717) is 24.5 Å². The van der Waals surface area contributed by atoms with Crippen LogP contribution in [-0.4, -0.2) is 62.0 Å². The summed E-state index contributed by atoms with van der Waals surface area (Å²) in [4.78, 5) is 31.2. The number of carbonyl (C=O) groups is 2. The topological polar surface area (TPSA) is 80.6 Å². The maximum Gasteiger partial charge on any atom is 0.411 e. The van der Waals surface area contributed by atoms with Crippen molar-refractivity contribution in [3.05, 3.63) is 77.1 Å². The first kappa shape index (κ1) is 20.0. The van der Waals surface area contributed by atoms with Gasteiger partial charge in [0.15, 0.2) is 5.69 Å². The molecule has 3 aliphatic rings. The van der Waals surface area contributed by atoms with Gasteiger partial charge in [0.2, 0.25) is 0 Å². The molecule has 2 saturated heterocycles. The number of aryl methyl sites for hydroxylation is 1. The van der Waals surface area contributed by atoms with Crippen LogP contribution in [0.15, 0.2) is 54.6 Å². The third-order valence-corrected chi connectivity index (χ3v) is 7.03. The van der Waals surface area contributed by atoms with E-state index in [2.05, 4.69) is 22.3 Å². The molecule has 3 aromatic rings. The summed E-state index contributed by atoms with van der Waals surface area (Å²) >= 11 is 0. The number of aromatic nitrogens is 3. The van der Waals surface area contributed by atoms with Gasteiger partial charge >= 0.3 is 6.09 Å². The first-order valence-electron chi connectivity index (χ1n) is 11.5. The molecule has 6 rings (SSSR count). The lowest BCUT2D eigenvalue weighted by Gasteiger charge is -2.37. The zero-order valence-corrected chi connectivity index (χ0v) is 18.4. The summed E-state index contributed by atoms with van der Waals surface area (Å²) in [6.45, 7) is 2.96.